The summed E-state index contributed by atoms with van der Waals surface area (Å²) in [5.74, 6) is 5.94. The van der Waals surface area contributed by atoms with Crippen molar-refractivity contribution in [3.05, 3.63) is 0 Å². The Morgan fingerprint density at radius 1 is 0.667 bits per heavy atom. The van der Waals surface area contributed by atoms with Crippen LogP contribution in [0.15, 0.2) is 0 Å². The van der Waals surface area contributed by atoms with Crippen LogP contribution in [0.5, 0.6) is 0 Å². The van der Waals surface area contributed by atoms with E-state index in [9.17, 15) is 5.11 Å². The molecule has 0 amide bonds. The number of hydrogen-bond acceptors (Lipinski definition) is 1. The van der Waals surface area contributed by atoms with Crippen molar-refractivity contribution in [2.24, 2.45) is 0 Å². The molecule has 0 saturated carbocycles. The highest BCUT2D eigenvalue weighted by Crippen LogP contribution is 2.12. The Kier molecular flexibility index (Phi) is 14.1. The first-order valence-corrected chi connectivity index (χ1v) is 9.28. The van der Waals surface area contributed by atoms with E-state index < -0.39 is 5.60 Å². The third-order valence-corrected chi connectivity index (χ3v) is 3.80. The van der Waals surface area contributed by atoms with Crippen LogP contribution in [-0.4, -0.2) is 10.7 Å². The summed E-state index contributed by atoms with van der Waals surface area (Å²) in [4.78, 5) is 0. The fraction of sp³-hybridized carbons (Fsp3) is 0.900. The van der Waals surface area contributed by atoms with Gasteiger partial charge in [0.2, 0.25) is 0 Å². The second kappa shape index (κ2) is 14.5. The van der Waals surface area contributed by atoms with Crippen LogP contribution in [0.25, 0.3) is 0 Å². The molecule has 0 fully saturated rings. The van der Waals surface area contributed by atoms with Gasteiger partial charge in [0.15, 0.2) is 0 Å². The van der Waals surface area contributed by atoms with E-state index in [1.807, 2.05) is 0 Å². The van der Waals surface area contributed by atoms with Crippen molar-refractivity contribution < 1.29 is 5.11 Å². The van der Waals surface area contributed by atoms with E-state index in [0.717, 1.165) is 6.42 Å². The van der Waals surface area contributed by atoms with Gasteiger partial charge in [0.25, 0.3) is 0 Å². The summed E-state index contributed by atoms with van der Waals surface area (Å²) in [5, 5.41) is 9.45. The van der Waals surface area contributed by atoms with E-state index in [4.69, 9.17) is 0 Å². The van der Waals surface area contributed by atoms with Crippen LogP contribution in [0.3, 0.4) is 0 Å². The average molecular weight is 295 g/mol. The predicted molar refractivity (Wildman–Crippen MR) is 94.4 cm³/mol. The van der Waals surface area contributed by atoms with Crippen LogP contribution in [0.1, 0.15) is 111 Å². The van der Waals surface area contributed by atoms with Gasteiger partial charge in [-0.15, -0.1) is 5.92 Å². The van der Waals surface area contributed by atoms with E-state index in [2.05, 4.69) is 18.8 Å². The summed E-state index contributed by atoms with van der Waals surface area (Å²) >= 11 is 0. The lowest BCUT2D eigenvalue weighted by molar-refractivity contribution is 0.143. The maximum atomic E-state index is 9.45. The second-order valence-electron chi connectivity index (χ2n) is 6.85. The van der Waals surface area contributed by atoms with Crippen molar-refractivity contribution in [1.82, 2.24) is 0 Å². The first-order valence-electron chi connectivity index (χ1n) is 9.28. The highest BCUT2D eigenvalue weighted by molar-refractivity contribution is 5.09. The molecule has 0 heterocycles. The molecule has 0 aromatic rings. The molecule has 0 aromatic heterocycles. The smallest absolute Gasteiger partial charge is 0.119 e. The average Bonchev–Trinajstić information content (AvgIpc) is 2.42. The second-order valence-corrected chi connectivity index (χ2v) is 6.85. The Morgan fingerprint density at radius 2 is 1.05 bits per heavy atom. The lowest BCUT2D eigenvalue weighted by Crippen LogP contribution is -2.14. The number of aliphatic hydroxyl groups is 1. The van der Waals surface area contributed by atoms with Gasteiger partial charge in [0.1, 0.15) is 5.60 Å². The minimum Gasteiger partial charge on any atom is -0.378 e. The molecule has 0 aromatic carbocycles. The summed E-state index contributed by atoms with van der Waals surface area (Å²) in [5.41, 5.74) is -0.823. The topological polar surface area (TPSA) is 20.2 Å². The molecular formula is C20H38O. The maximum Gasteiger partial charge on any atom is 0.119 e. The van der Waals surface area contributed by atoms with Crippen LogP contribution in [-0.2, 0) is 0 Å². The molecule has 0 rings (SSSR count). The monoisotopic (exact) mass is 294 g/mol. The summed E-state index contributed by atoms with van der Waals surface area (Å²) in [6, 6.07) is 0. The molecule has 0 radical (unpaired) electrons. The van der Waals surface area contributed by atoms with Crippen molar-refractivity contribution in [3.8, 4) is 11.8 Å². The van der Waals surface area contributed by atoms with E-state index in [1.165, 1.54) is 83.5 Å². The Hall–Kier alpha value is -0.480. The van der Waals surface area contributed by atoms with Gasteiger partial charge in [-0.25, -0.2) is 0 Å². The molecule has 0 spiro atoms. The lowest BCUT2D eigenvalue weighted by atomic mass is 10.0. The van der Waals surface area contributed by atoms with Gasteiger partial charge in [-0.3, -0.25) is 0 Å². The van der Waals surface area contributed by atoms with Crippen LogP contribution < -0.4 is 0 Å². The third-order valence-electron chi connectivity index (χ3n) is 3.80. The van der Waals surface area contributed by atoms with Gasteiger partial charge in [-0.1, -0.05) is 89.9 Å². The molecule has 0 atom stereocenters. The summed E-state index contributed by atoms with van der Waals surface area (Å²) in [6.45, 7) is 5.76. The Labute approximate surface area is 133 Å². The zero-order valence-corrected chi connectivity index (χ0v) is 14.8. The quantitative estimate of drug-likeness (QED) is 0.315. The van der Waals surface area contributed by atoms with Gasteiger partial charge in [-0.2, -0.15) is 0 Å². The Bertz CT molecular complexity index is 264. The van der Waals surface area contributed by atoms with Crippen LogP contribution >= 0.6 is 0 Å². The van der Waals surface area contributed by atoms with Crippen LogP contribution in [0.4, 0.5) is 0 Å². The van der Waals surface area contributed by atoms with Gasteiger partial charge >= 0.3 is 0 Å². The van der Waals surface area contributed by atoms with Gasteiger partial charge in [0, 0.05) is 6.42 Å². The van der Waals surface area contributed by atoms with Crippen molar-refractivity contribution in [2.45, 2.75) is 116 Å². The van der Waals surface area contributed by atoms with E-state index >= 15 is 0 Å². The molecule has 0 aliphatic heterocycles. The van der Waals surface area contributed by atoms with Crippen LogP contribution in [0, 0.1) is 11.8 Å². The number of unbranched alkanes of at least 4 members (excludes halogenated alkanes) is 13. The van der Waals surface area contributed by atoms with Gasteiger partial charge in [0.05, 0.1) is 0 Å². The number of rotatable bonds is 13. The van der Waals surface area contributed by atoms with Gasteiger partial charge < -0.3 is 5.11 Å². The molecule has 0 aliphatic carbocycles. The normalized spacial score (nSPS) is 11.2. The molecule has 0 unspecified atom stereocenters. The molecule has 1 nitrogen and oxygen atoms in total. The highest BCUT2D eigenvalue weighted by Gasteiger charge is 2.04. The van der Waals surface area contributed by atoms with Crippen molar-refractivity contribution in [1.29, 1.82) is 0 Å². The zero-order chi connectivity index (χ0) is 15.8. The molecule has 124 valence electrons. The Morgan fingerprint density at radius 3 is 1.43 bits per heavy atom. The van der Waals surface area contributed by atoms with Crippen molar-refractivity contribution >= 4 is 0 Å². The lowest BCUT2D eigenvalue weighted by Gasteiger charge is -2.05. The summed E-state index contributed by atoms with van der Waals surface area (Å²) in [6.07, 6.45) is 18.9. The molecule has 0 saturated heterocycles. The summed E-state index contributed by atoms with van der Waals surface area (Å²) in [7, 11) is 0. The largest absolute Gasteiger partial charge is 0.378 e. The highest BCUT2D eigenvalue weighted by atomic mass is 16.3. The molecule has 21 heavy (non-hydrogen) atoms. The van der Waals surface area contributed by atoms with E-state index in [0.29, 0.717) is 0 Å². The van der Waals surface area contributed by atoms with Crippen molar-refractivity contribution in [2.75, 3.05) is 0 Å². The molecule has 1 N–H and O–H groups in total. The fourth-order valence-electron chi connectivity index (χ4n) is 2.51. The SMILES string of the molecule is CCCCCCCCCCCCCCCC#CC(C)(C)O. The molecule has 0 aliphatic rings. The Balaban J connectivity index is 3.10. The standard InChI is InChI=1S/C20H38O/c1-4-5-6-7-8-9-10-11-12-13-14-15-16-17-18-19-20(2,3)21/h21H,4-17H2,1-3H3. The predicted octanol–water partition coefficient (Wildman–Crippen LogP) is 6.24. The molecular weight excluding hydrogens is 256 g/mol. The van der Waals surface area contributed by atoms with Crippen molar-refractivity contribution in [3.63, 3.8) is 0 Å². The first-order chi connectivity index (χ1) is 10.1. The maximum absolute atomic E-state index is 9.45. The van der Waals surface area contributed by atoms with Gasteiger partial charge in [-0.05, 0) is 20.3 Å². The first kappa shape index (κ1) is 20.5. The minimum absolute atomic E-state index is 0.823. The third kappa shape index (κ3) is 19.5. The van der Waals surface area contributed by atoms with E-state index in [-0.39, 0.29) is 0 Å². The van der Waals surface area contributed by atoms with Crippen LogP contribution in [0.2, 0.25) is 0 Å². The minimum atomic E-state index is -0.823. The van der Waals surface area contributed by atoms with E-state index in [1.54, 1.807) is 13.8 Å². The zero-order valence-electron chi connectivity index (χ0n) is 14.8. The summed E-state index contributed by atoms with van der Waals surface area (Å²) < 4.78 is 0. The fourth-order valence-corrected chi connectivity index (χ4v) is 2.51. The molecule has 1 heteroatoms. The molecule has 0 bridgehead atoms. The number of hydrogen-bond donors (Lipinski definition) is 1.